The molecule has 5 nitrogen and oxygen atoms in total. The van der Waals surface area contributed by atoms with Gasteiger partial charge < -0.3 is 5.11 Å². The third kappa shape index (κ3) is 2.91. The summed E-state index contributed by atoms with van der Waals surface area (Å²) >= 11 is 4.59. The number of carbonyl (C=O) groups is 1. The Kier molecular flexibility index (Phi) is 4.03. The molecular weight excluding hydrogens is 318 g/mol. The van der Waals surface area contributed by atoms with E-state index in [1.54, 1.807) is 0 Å². The number of aliphatic carboxylic acids is 1. The summed E-state index contributed by atoms with van der Waals surface area (Å²) < 4.78 is 0.955. The number of H-pyrrole nitrogens is 1. The molecule has 0 amide bonds. The highest BCUT2D eigenvalue weighted by molar-refractivity contribution is 9.10. The molecule has 0 saturated carbocycles. The number of hydrogen-bond acceptors (Lipinski definition) is 4. The van der Waals surface area contributed by atoms with Crippen molar-refractivity contribution in [2.45, 2.75) is 12.1 Å². The van der Waals surface area contributed by atoms with Gasteiger partial charge in [-0.25, -0.2) is 4.98 Å². The average Bonchev–Trinajstić information content (AvgIpc) is 2.78. The van der Waals surface area contributed by atoms with Gasteiger partial charge in [0.1, 0.15) is 0 Å². The molecule has 0 bridgehead atoms. The first-order valence-electron chi connectivity index (χ1n) is 5.10. The lowest BCUT2D eigenvalue weighted by Gasteiger charge is -2.02. The van der Waals surface area contributed by atoms with Crippen molar-refractivity contribution in [2.75, 3.05) is 5.75 Å². The van der Waals surface area contributed by atoms with Crippen molar-refractivity contribution in [1.29, 1.82) is 0 Å². The van der Waals surface area contributed by atoms with Crippen LogP contribution in [0.5, 0.6) is 0 Å². The molecule has 0 unspecified atom stereocenters. The molecule has 2 N–H and O–H groups in total. The van der Waals surface area contributed by atoms with Gasteiger partial charge in [-0.2, -0.15) is 0 Å². The fraction of sp³-hybridized carbons (Fsp3) is 0.182. The van der Waals surface area contributed by atoms with Crippen LogP contribution in [0, 0.1) is 6.92 Å². The zero-order valence-electron chi connectivity index (χ0n) is 9.48. The average molecular weight is 328 g/mol. The van der Waals surface area contributed by atoms with Crippen LogP contribution in [-0.2, 0) is 4.79 Å². The molecule has 1 aromatic heterocycles. The molecule has 0 saturated heterocycles. The Morgan fingerprint density at radius 2 is 2.33 bits per heavy atom. The summed E-state index contributed by atoms with van der Waals surface area (Å²) in [7, 11) is 0. The summed E-state index contributed by atoms with van der Waals surface area (Å²) in [5, 5.41) is 15.8. The molecule has 94 valence electrons. The van der Waals surface area contributed by atoms with Crippen LogP contribution in [-0.4, -0.2) is 32.0 Å². The van der Waals surface area contributed by atoms with Crippen molar-refractivity contribution in [3.05, 3.63) is 28.2 Å². The molecule has 0 fully saturated rings. The Hall–Kier alpha value is -1.34. The fourth-order valence-corrected chi connectivity index (χ4v) is 2.36. The van der Waals surface area contributed by atoms with Crippen LogP contribution in [0.15, 0.2) is 27.8 Å². The first-order chi connectivity index (χ1) is 8.58. The lowest BCUT2D eigenvalue weighted by molar-refractivity contribution is -0.133. The van der Waals surface area contributed by atoms with Crippen molar-refractivity contribution >= 4 is 33.7 Å². The van der Waals surface area contributed by atoms with E-state index >= 15 is 0 Å². The van der Waals surface area contributed by atoms with Gasteiger partial charge in [0.25, 0.3) is 0 Å². The Balaban J connectivity index is 2.24. The number of nitrogens with one attached hydrogen (secondary N) is 1. The molecule has 2 rings (SSSR count). The van der Waals surface area contributed by atoms with Crippen molar-refractivity contribution in [2.24, 2.45) is 0 Å². The maximum absolute atomic E-state index is 10.5. The van der Waals surface area contributed by atoms with E-state index in [4.69, 9.17) is 5.11 Å². The van der Waals surface area contributed by atoms with E-state index in [0.29, 0.717) is 11.0 Å². The molecule has 0 radical (unpaired) electrons. The molecule has 2 aromatic rings. The number of aromatic nitrogens is 3. The molecule has 18 heavy (non-hydrogen) atoms. The van der Waals surface area contributed by atoms with Crippen LogP contribution < -0.4 is 0 Å². The molecule has 1 heterocycles. The third-order valence-electron chi connectivity index (χ3n) is 2.24. The highest BCUT2D eigenvalue weighted by Gasteiger charge is 2.11. The molecule has 0 atom stereocenters. The molecular formula is C11H10BrN3O2S. The summed E-state index contributed by atoms with van der Waals surface area (Å²) in [5.74, 6) is -0.312. The molecule has 7 heteroatoms. The molecule has 0 aliphatic carbocycles. The lowest BCUT2D eigenvalue weighted by atomic mass is 10.1. The number of halogens is 1. The molecule has 0 aliphatic rings. The highest BCUT2D eigenvalue weighted by Crippen LogP contribution is 2.29. The zero-order valence-corrected chi connectivity index (χ0v) is 11.9. The summed E-state index contributed by atoms with van der Waals surface area (Å²) in [6.45, 7) is 1.99. The van der Waals surface area contributed by atoms with Gasteiger partial charge >= 0.3 is 5.97 Å². The van der Waals surface area contributed by atoms with E-state index in [2.05, 4.69) is 31.1 Å². The largest absolute Gasteiger partial charge is 0.481 e. The van der Waals surface area contributed by atoms with Gasteiger partial charge in [0.15, 0.2) is 5.82 Å². The Bertz CT molecular complexity index is 585. The van der Waals surface area contributed by atoms with Crippen molar-refractivity contribution < 1.29 is 9.90 Å². The fourth-order valence-electron chi connectivity index (χ4n) is 1.39. The second kappa shape index (κ2) is 5.53. The highest BCUT2D eigenvalue weighted by atomic mass is 79.9. The minimum absolute atomic E-state index is 0.0493. The van der Waals surface area contributed by atoms with Gasteiger partial charge in [0, 0.05) is 10.0 Å². The predicted octanol–water partition coefficient (Wildman–Crippen LogP) is 2.72. The summed E-state index contributed by atoms with van der Waals surface area (Å²) in [6.07, 6.45) is 0. The van der Waals surface area contributed by atoms with Crippen LogP contribution in [0.25, 0.3) is 11.4 Å². The van der Waals surface area contributed by atoms with Crippen LogP contribution in [0.4, 0.5) is 0 Å². The topological polar surface area (TPSA) is 78.9 Å². The minimum atomic E-state index is -0.886. The van der Waals surface area contributed by atoms with E-state index in [0.717, 1.165) is 27.4 Å². The normalized spacial score (nSPS) is 10.6. The van der Waals surface area contributed by atoms with Crippen molar-refractivity contribution in [3.63, 3.8) is 0 Å². The Morgan fingerprint density at radius 3 is 3.06 bits per heavy atom. The van der Waals surface area contributed by atoms with Crippen molar-refractivity contribution in [3.8, 4) is 11.4 Å². The van der Waals surface area contributed by atoms with E-state index in [1.165, 1.54) is 0 Å². The number of hydrogen-bond donors (Lipinski definition) is 2. The van der Waals surface area contributed by atoms with Gasteiger partial charge in [0.05, 0.1) is 5.75 Å². The van der Waals surface area contributed by atoms with Gasteiger partial charge in [-0.3, -0.25) is 9.89 Å². The van der Waals surface area contributed by atoms with Crippen LogP contribution in [0.2, 0.25) is 0 Å². The zero-order chi connectivity index (χ0) is 13.1. The molecule has 0 aliphatic heterocycles. The summed E-state index contributed by atoms with van der Waals surface area (Å²) in [4.78, 5) is 14.7. The second-order valence-electron chi connectivity index (χ2n) is 3.59. The number of thioether (sulfide) groups is 1. The van der Waals surface area contributed by atoms with E-state index in [9.17, 15) is 4.79 Å². The maximum atomic E-state index is 10.5. The standard InChI is InChI=1S/C11H10BrN3O2S/c1-6-3-2-4-7(9(6)12)10-13-11(15-14-10)18-5-8(16)17/h2-4H,5H2,1H3,(H,16,17)(H,13,14,15). The number of benzene rings is 1. The molecule has 0 spiro atoms. The Morgan fingerprint density at radius 1 is 1.56 bits per heavy atom. The summed E-state index contributed by atoms with van der Waals surface area (Å²) in [5.41, 5.74) is 2.01. The van der Waals surface area contributed by atoms with Gasteiger partial charge in [0.2, 0.25) is 5.16 Å². The summed E-state index contributed by atoms with van der Waals surface area (Å²) in [6, 6.07) is 5.84. The number of aromatic amines is 1. The first-order valence-corrected chi connectivity index (χ1v) is 6.88. The van der Waals surface area contributed by atoms with E-state index in [-0.39, 0.29) is 5.75 Å². The predicted molar refractivity (Wildman–Crippen MR) is 72.6 cm³/mol. The second-order valence-corrected chi connectivity index (χ2v) is 5.32. The van der Waals surface area contributed by atoms with Crippen LogP contribution in [0.1, 0.15) is 5.56 Å². The van der Waals surface area contributed by atoms with Crippen LogP contribution >= 0.6 is 27.7 Å². The number of aryl methyl sites for hydroxylation is 1. The monoisotopic (exact) mass is 327 g/mol. The number of carboxylic acids is 1. The minimum Gasteiger partial charge on any atom is -0.481 e. The van der Waals surface area contributed by atoms with Gasteiger partial charge in [-0.05, 0) is 28.4 Å². The number of nitrogens with zero attached hydrogens (tertiary/aromatic N) is 2. The SMILES string of the molecule is Cc1cccc(-c2nc(SCC(=O)O)n[nH]2)c1Br. The van der Waals surface area contributed by atoms with Crippen molar-refractivity contribution in [1.82, 2.24) is 15.2 Å². The smallest absolute Gasteiger partial charge is 0.313 e. The molecule has 1 aromatic carbocycles. The van der Waals surface area contributed by atoms with E-state index < -0.39 is 5.97 Å². The third-order valence-corrected chi connectivity index (χ3v) is 4.12. The van der Waals surface area contributed by atoms with Gasteiger partial charge in [-0.15, -0.1) is 5.10 Å². The number of carboxylic acid groups (broad SMARTS) is 1. The Labute approximate surface area is 116 Å². The lowest BCUT2D eigenvalue weighted by Crippen LogP contribution is -1.97. The van der Waals surface area contributed by atoms with E-state index in [1.807, 2.05) is 25.1 Å². The quantitative estimate of drug-likeness (QED) is 0.844. The number of rotatable bonds is 4. The maximum Gasteiger partial charge on any atom is 0.313 e. The van der Waals surface area contributed by atoms with Crippen LogP contribution in [0.3, 0.4) is 0 Å². The van der Waals surface area contributed by atoms with Gasteiger partial charge in [-0.1, -0.05) is 30.0 Å². The first kappa shape index (κ1) is 13.1.